The first-order valence-electron chi connectivity index (χ1n) is 8.79. The number of ether oxygens (including phenoxy) is 1. The second-order valence-electron chi connectivity index (χ2n) is 6.50. The van der Waals surface area contributed by atoms with Crippen molar-refractivity contribution in [3.8, 4) is 17.1 Å². The number of urea groups is 1. The first-order valence-corrected chi connectivity index (χ1v) is 8.79. The van der Waals surface area contributed by atoms with E-state index in [-0.39, 0.29) is 12.1 Å². The summed E-state index contributed by atoms with van der Waals surface area (Å²) in [5, 5.41) is 6.95. The lowest BCUT2D eigenvalue weighted by Gasteiger charge is -2.22. The Morgan fingerprint density at radius 1 is 1.23 bits per heavy atom. The van der Waals surface area contributed by atoms with E-state index in [0.29, 0.717) is 11.7 Å². The summed E-state index contributed by atoms with van der Waals surface area (Å²) >= 11 is 0. The van der Waals surface area contributed by atoms with Crippen molar-refractivity contribution in [1.29, 1.82) is 0 Å². The van der Waals surface area contributed by atoms with E-state index in [2.05, 4.69) is 27.4 Å². The van der Waals surface area contributed by atoms with Crippen LogP contribution in [0.3, 0.4) is 0 Å². The molecule has 0 bridgehead atoms. The van der Waals surface area contributed by atoms with Gasteiger partial charge in [0.2, 0.25) is 11.7 Å². The summed E-state index contributed by atoms with van der Waals surface area (Å²) in [7, 11) is 3.69. The highest BCUT2D eigenvalue weighted by Gasteiger charge is 2.22. The molecule has 1 atom stereocenters. The van der Waals surface area contributed by atoms with Crippen molar-refractivity contribution in [2.75, 3.05) is 40.3 Å². The summed E-state index contributed by atoms with van der Waals surface area (Å²) in [6, 6.07) is 6.95. The molecule has 140 valence electrons. The van der Waals surface area contributed by atoms with Crippen LogP contribution in [-0.2, 0) is 0 Å². The van der Waals surface area contributed by atoms with E-state index in [0.717, 1.165) is 43.9 Å². The lowest BCUT2D eigenvalue weighted by molar-refractivity contribution is 0.193. The Kier molecular flexibility index (Phi) is 5.72. The summed E-state index contributed by atoms with van der Waals surface area (Å²) in [5.41, 5.74) is 0.829. The number of nitrogens with one attached hydrogen (secondary N) is 1. The predicted molar refractivity (Wildman–Crippen MR) is 96.9 cm³/mol. The van der Waals surface area contributed by atoms with E-state index in [4.69, 9.17) is 9.26 Å². The Balaban J connectivity index is 1.62. The van der Waals surface area contributed by atoms with Gasteiger partial charge in [0, 0.05) is 25.2 Å². The number of aromatic nitrogens is 2. The Morgan fingerprint density at radius 3 is 2.73 bits per heavy atom. The number of amides is 2. The Hall–Kier alpha value is -2.61. The number of hydrogen-bond donors (Lipinski definition) is 1. The molecule has 1 saturated heterocycles. The third-order valence-electron chi connectivity index (χ3n) is 4.51. The van der Waals surface area contributed by atoms with Gasteiger partial charge in [-0.2, -0.15) is 4.98 Å². The summed E-state index contributed by atoms with van der Waals surface area (Å²) in [6.45, 7) is 5.20. The predicted octanol–water partition coefficient (Wildman–Crippen LogP) is 2.15. The number of hydrogen-bond acceptors (Lipinski definition) is 6. The molecule has 1 aliphatic rings. The molecule has 1 aromatic heterocycles. The number of nitrogens with zero attached hydrogens (tertiary/aromatic N) is 4. The smallest absolute Gasteiger partial charge is 0.318 e. The molecule has 1 aromatic carbocycles. The van der Waals surface area contributed by atoms with Gasteiger partial charge in [-0.25, -0.2) is 4.79 Å². The fourth-order valence-corrected chi connectivity index (χ4v) is 2.86. The fraction of sp³-hybridized carbons (Fsp3) is 0.500. The zero-order chi connectivity index (χ0) is 18.5. The monoisotopic (exact) mass is 359 g/mol. The van der Waals surface area contributed by atoms with Crippen molar-refractivity contribution in [2.45, 2.75) is 19.4 Å². The van der Waals surface area contributed by atoms with E-state index < -0.39 is 0 Å². The normalized spacial score (nSPS) is 16.8. The first kappa shape index (κ1) is 18.2. The highest BCUT2D eigenvalue weighted by Crippen LogP contribution is 2.21. The Morgan fingerprint density at radius 2 is 2.00 bits per heavy atom. The van der Waals surface area contributed by atoms with Crippen LogP contribution in [0.1, 0.15) is 25.3 Å². The molecule has 2 amide bonds. The number of rotatable bonds is 4. The number of carbonyl (C=O) groups excluding carboxylic acids is 1. The molecule has 1 aliphatic heterocycles. The minimum absolute atomic E-state index is 0.100. The van der Waals surface area contributed by atoms with Gasteiger partial charge in [0.15, 0.2) is 0 Å². The number of benzene rings is 1. The van der Waals surface area contributed by atoms with E-state index in [1.54, 1.807) is 7.11 Å². The molecular formula is C18H25N5O3. The van der Waals surface area contributed by atoms with Gasteiger partial charge < -0.3 is 24.4 Å². The molecule has 2 aromatic rings. The molecule has 0 aliphatic carbocycles. The van der Waals surface area contributed by atoms with Crippen LogP contribution in [0.15, 0.2) is 28.8 Å². The van der Waals surface area contributed by atoms with E-state index in [1.807, 2.05) is 36.1 Å². The van der Waals surface area contributed by atoms with Crippen LogP contribution in [0.4, 0.5) is 4.79 Å². The molecule has 0 radical (unpaired) electrons. The minimum atomic E-state index is -0.358. The SMILES string of the molecule is COc1ccc(-c2noc([C@H](C)NC(=O)N3CCCN(C)CC3)n2)cc1. The van der Waals surface area contributed by atoms with Crippen LogP contribution in [0.25, 0.3) is 11.4 Å². The van der Waals surface area contributed by atoms with Crippen molar-refractivity contribution in [3.05, 3.63) is 30.2 Å². The number of carbonyl (C=O) groups is 1. The largest absolute Gasteiger partial charge is 0.497 e. The quantitative estimate of drug-likeness (QED) is 0.901. The van der Waals surface area contributed by atoms with E-state index >= 15 is 0 Å². The van der Waals surface area contributed by atoms with Gasteiger partial charge in [-0.15, -0.1) is 0 Å². The lowest BCUT2D eigenvalue weighted by Crippen LogP contribution is -2.42. The summed E-state index contributed by atoms with van der Waals surface area (Å²) in [6.07, 6.45) is 0.973. The average Bonchev–Trinajstić information content (AvgIpc) is 3.04. The Labute approximate surface area is 153 Å². The molecule has 1 fully saturated rings. The first-order chi connectivity index (χ1) is 12.6. The fourth-order valence-electron chi connectivity index (χ4n) is 2.86. The zero-order valence-corrected chi connectivity index (χ0v) is 15.4. The minimum Gasteiger partial charge on any atom is -0.497 e. The molecule has 0 spiro atoms. The van der Waals surface area contributed by atoms with Crippen molar-refractivity contribution in [2.24, 2.45) is 0 Å². The molecule has 3 rings (SSSR count). The van der Waals surface area contributed by atoms with Crippen LogP contribution in [-0.4, -0.2) is 66.3 Å². The summed E-state index contributed by atoms with van der Waals surface area (Å²) in [4.78, 5) is 21.0. The van der Waals surface area contributed by atoms with Gasteiger partial charge >= 0.3 is 6.03 Å². The standard InChI is InChI=1S/C18H25N5O3/c1-13(19-18(24)23-10-4-9-22(2)11-12-23)17-20-16(21-26-17)14-5-7-15(25-3)8-6-14/h5-8,13H,4,9-12H2,1-3H3,(H,19,24)/t13-/m0/s1. The highest BCUT2D eigenvalue weighted by atomic mass is 16.5. The van der Waals surface area contributed by atoms with Crippen LogP contribution in [0.5, 0.6) is 5.75 Å². The molecule has 0 unspecified atom stereocenters. The van der Waals surface area contributed by atoms with Gasteiger partial charge in [-0.05, 0) is 51.2 Å². The maximum atomic E-state index is 12.5. The summed E-state index contributed by atoms with van der Waals surface area (Å²) in [5.74, 6) is 1.64. The molecule has 2 heterocycles. The second-order valence-corrected chi connectivity index (χ2v) is 6.50. The second kappa shape index (κ2) is 8.18. The van der Waals surface area contributed by atoms with E-state index in [1.165, 1.54) is 0 Å². The maximum absolute atomic E-state index is 12.5. The van der Waals surface area contributed by atoms with Crippen molar-refractivity contribution < 1.29 is 14.1 Å². The van der Waals surface area contributed by atoms with Gasteiger partial charge in [0.1, 0.15) is 11.8 Å². The maximum Gasteiger partial charge on any atom is 0.318 e. The van der Waals surface area contributed by atoms with Crippen molar-refractivity contribution in [3.63, 3.8) is 0 Å². The molecular weight excluding hydrogens is 334 g/mol. The molecule has 8 nitrogen and oxygen atoms in total. The van der Waals surface area contributed by atoms with Crippen LogP contribution >= 0.6 is 0 Å². The Bertz CT molecular complexity index is 731. The topological polar surface area (TPSA) is 83.7 Å². The zero-order valence-electron chi connectivity index (χ0n) is 15.4. The lowest BCUT2D eigenvalue weighted by atomic mass is 10.2. The molecule has 26 heavy (non-hydrogen) atoms. The van der Waals surface area contributed by atoms with Crippen molar-refractivity contribution >= 4 is 6.03 Å². The average molecular weight is 359 g/mol. The van der Waals surface area contributed by atoms with Crippen LogP contribution in [0, 0.1) is 0 Å². The molecule has 0 saturated carbocycles. The van der Waals surface area contributed by atoms with Gasteiger partial charge in [0.05, 0.1) is 7.11 Å². The third-order valence-corrected chi connectivity index (χ3v) is 4.51. The molecule has 8 heteroatoms. The molecule has 1 N–H and O–H groups in total. The van der Waals surface area contributed by atoms with Gasteiger partial charge in [-0.3, -0.25) is 0 Å². The van der Waals surface area contributed by atoms with E-state index in [9.17, 15) is 4.79 Å². The van der Waals surface area contributed by atoms with Crippen LogP contribution < -0.4 is 10.1 Å². The van der Waals surface area contributed by atoms with Crippen LogP contribution in [0.2, 0.25) is 0 Å². The summed E-state index contributed by atoms with van der Waals surface area (Å²) < 4.78 is 10.5. The van der Waals surface area contributed by atoms with Gasteiger partial charge in [0.25, 0.3) is 0 Å². The third kappa shape index (κ3) is 4.32. The van der Waals surface area contributed by atoms with Gasteiger partial charge in [-0.1, -0.05) is 5.16 Å². The number of likely N-dealkylation sites (N-methyl/N-ethyl adjacent to an activating group) is 1. The number of methoxy groups -OCH3 is 1. The van der Waals surface area contributed by atoms with Crippen molar-refractivity contribution in [1.82, 2.24) is 25.3 Å². The highest BCUT2D eigenvalue weighted by molar-refractivity contribution is 5.74.